The lowest BCUT2D eigenvalue weighted by atomic mass is 9.81. The van der Waals surface area contributed by atoms with E-state index in [9.17, 15) is 0 Å². The van der Waals surface area contributed by atoms with Gasteiger partial charge in [0.1, 0.15) is 0 Å². The second-order valence-corrected chi connectivity index (χ2v) is 9.85. The van der Waals surface area contributed by atoms with Crippen molar-refractivity contribution in [1.82, 2.24) is 0 Å². The molecule has 0 radical (unpaired) electrons. The van der Waals surface area contributed by atoms with Crippen LogP contribution in [0.2, 0.25) is 0 Å². The Morgan fingerprint density at radius 3 is 2.03 bits per heavy atom. The molecule has 0 amide bonds. The minimum absolute atomic E-state index is 0.429. The minimum atomic E-state index is 0.429. The molecule has 0 N–H and O–H groups in total. The summed E-state index contributed by atoms with van der Waals surface area (Å²) in [6.45, 7) is 6.57. The maximum absolute atomic E-state index is 3.48. The van der Waals surface area contributed by atoms with Gasteiger partial charge in [0, 0.05) is 11.5 Å². The van der Waals surface area contributed by atoms with Crippen LogP contribution in [0.1, 0.15) is 93.0 Å². The fourth-order valence-electron chi connectivity index (χ4n) is 5.90. The molecule has 3 aromatic carbocycles. The van der Waals surface area contributed by atoms with E-state index in [0.717, 1.165) is 12.8 Å². The lowest BCUT2D eigenvalue weighted by molar-refractivity contribution is 0.590. The molecule has 0 fully saturated rings. The summed E-state index contributed by atoms with van der Waals surface area (Å²) in [5, 5.41) is 0. The van der Waals surface area contributed by atoms with Gasteiger partial charge in [-0.25, -0.2) is 0 Å². The fourth-order valence-corrected chi connectivity index (χ4v) is 5.90. The third-order valence-electron chi connectivity index (χ3n) is 7.59. The van der Waals surface area contributed by atoms with Crippen molar-refractivity contribution in [3.8, 4) is 11.8 Å². The maximum atomic E-state index is 3.48. The molecule has 2 atom stereocenters. The summed E-state index contributed by atoms with van der Waals surface area (Å²) in [7, 11) is 0. The van der Waals surface area contributed by atoms with Crippen LogP contribution in [-0.2, 0) is 12.8 Å². The zero-order chi connectivity index (χ0) is 24.5. The van der Waals surface area contributed by atoms with Crippen molar-refractivity contribution in [1.29, 1.82) is 0 Å². The largest absolute Gasteiger partial charge is 0.102 e. The van der Waals surface area contributed by atoms with Crippen LogP contribution in [-0.4, -0.2) is 0 Å². The Labute approximate surface area is 213 Å². The Balaban J connectivity index is 1.52. The maximum Gasteiger partial charge on any atom is 0.0164 e. The summed E-state index contributed by atoms with van der Waals surface area (Å²) in [5.74, 6) is 7.60. The van der Waals surface area contributed by atoms with Crippen LogP contribution in [0.5, 0.6) is 0 Å². The molecule has 0 saturated heterocycles. The van der Waals surface area contributed by atoms with Crippen molar-refractivity contribution in [3.05, 3.63) is 112 Å². The number of allylic oxidation sites excluding steroid dienone is 2. The third kappa shape index (κ3) is 5.97. The summed E-state index contributed by atoms with van der Waals surface area (Å²) in [6.07, 6.45) is 9.66. The summed E-state index contributed by atoms with van der Waals surface area (Å²) in [4.78, 5) is 0. The van der Waals surface area contributed by atoms with E-state index in [1.807, 2.05) is 6.92 Å². The molecule has 35 heavy (non-hydrogen) atoms. The van der Waals surface area contributed by atoms with Crippen LogP contribution in [0.25, 0.3) is 5.57 Å². The molecule has 0 saturated carbocycles. The SMILES string of the molecule is CC#C/C(CC)=C1/c2cc(CCCCCCc3ccccc3)ccc2C(c2ccccc2)C1CC. The van der Waals surface area contributed by atoms with Crippen LogP contribution in [0.4, 0.5) is 0 Å². The molecule has 0 spiro atoms. The number of rotatable bonds is 10. The van der Waals surface area contributed by atoms with Gasteiger partial charge in [0.2, 0.25) is 0 Å². The van der Waals surface area contributed by atoms with Gasteiger partial charge in [0.15, 0.2) is 0 Å². The van der Waals surface area contributed by atoms with Crippen molar-refractivity contribution < 1.29 is 0 Å². The Bertz CT molecular complexity index is 1170. The molecule has 3 aromatic rings. The predicted molar refractivity (Wildman–Crippen MR) is 151 cm³/mol. The first-order valence-corrected chi connectivity index (χ1v) is 13.6. The molecule has 2 unspecified atom stereocenters. The van der Waals surface area contributed by atoms with Gasteiger partial charge < -0.3 is 0 Å². The zero-order valence-electron chi connectivity index (χ0n) is 21.8. The molecule has 0 heterocycles. The van der Waals surface area contributed by atoms with Gasteiger partial charge in [-0.1, -0.05) is 111 Å². The highest BCUT2D eigenvalue weighted by molar-refractivity contribution is 5.82. The van der Waals surface area contributed by atoms with Gasteiger partial charge in [-0.15, -0.1) is 5.92 Å². The van der Waals surface area contributed by atoms with E-state index in [-0.39, 0.29) is 0 Å². The number of hydrogen-bond acceptors (Lipinski definition) is 0. The van der Waals surface area contributed by atoms with Gasteiger partial charge in [0.25, 0.3) is 0 Å². The topological polar surface area (TPSA) is 0 Å². The van der Waals surface area contributed by atoms with E-state index < -0.39 is 0 Å². The lowest BCUT2D eigenvalue weighted by Crippen LogP contribution is -2.09. The molecule has 0 bridgehead atoms. The van der Waals surface area contributed by atoms with Gasteiger partial charge >= 0.3 is 0 Å². The first-order valence-electron chi connectivity index (χ1n) is 13.6. The van der Waals surface area contributed by atoms with Crippen LogP contribution in [0.15, 0.2) is 84.4 Å². The van der Waals surface area contributed by atoms with Crippen molar-refractivity contribution in [2.45, 2.75) is 78.1 Å². The molecule has 0 aromatic heterocycles. The van der Waals surface area contributed by atoms with E-state index >= 15 is 0 Å². The molecule has 180 valence electrons. The fraction of sp³-hybridized carbons (Fsp3) is 0.371. The van der Waals surface area contributed by atoms with Gasteiger partial charge in [-0.2, -0.15) is 0 Å². The smallest absolute Gasteiger partial charge is 0.0164 e. The molecule has 1 aliphatic rings. The number of hydrogen-bond donors (Lipinski definition) is 0. The number of benzene rings is 3. The van der Waals surface area contributed by atoms with Gasteiger partial charge in [-0.3, -0.25) is 0 Å². The summed E-state index contributed by atoms with van der Waals surface area (Å²) >= 11 is 0. The number of unbranched alkanes of at least 4 members (excludes halogenated alkanes) is 3. The zero-order valence-corrected chi connectivity index (χ0v) is 21.8. The molecular formula is C35H40. The van der Waals surface area contributed by atoms with E-state index in [1.165, 1.54) is 77.5 Å². The van der Waals surface area contributed by atoms with Crippen molar-refractivity contribution >= 4 is 5.57 Å². The third-order valence-corrected chi connectivity index (χ3v) is 7.59. The average molecular weight is 461 g/mol. The predicted octanol–water partition coefficient (Wildman–Crippen LogP) is 9.39. The average Bonchev–Trinajstić information content (AvgIpc) is 3.23. The van der Waals surface area contributed by atoms with Crippen LogP contribution < -0.4 is 0 Å². The quantitative estimate of drug-likeness (QED) is 0.209. The Kier molecular flexibility index (Phi) is 9.02. The second kappa shape index (κ2) is 12.6. The van der Waals surface area contributed by atoms with E-state index in [2.05, 4.69) is 105 Å². The van der Waals surface area contributed by atoms with E-state index in [4.69, 9.17) is 0 Å². The molecule has 1 aliphatic carbocycles. The standard InChI is InChI=1S/C35H40/c1-4-17-29(5-2)34-31(6-3)35(30-22-15-10-16-23-30)32-25-24-28(26-33(32)34)21-12-8-7-11-18-27-19-13-9-14-20-27/h9-10,13-16,19-20,22-26,31,35H,5-8,11-12,18,21H2,1-3H3/b34-29+. The molecule has 4 rings (SSSR count). The van der Waals surface area contributed by atoms with Gasteiger partial charge in [-0.05, 0) is 84.8 Å². The first-order chi connectivity index (χ1) is 17.3. The Hall–Kier alpha value is -3.04. The molecule has 0 aliphatic heterocycles. The monoisotopic (exact) mass is 460 g/mol. The van der Waals surface area contributed by atoms with Crippen molar-refractivity contribution in [3.63, 3.8) is 0 Å². The van der Waals surface area contributed by atoms with E-state index in [1.54, 1.807) is 0 Å². The second-order valence-electron chi connectivity index (χ2n) is 9.85. The molecular weight excluding hydrogens is 420 g/mol. The highest BCUT2D eigenvalue weighted by Gasteiger charge is 2.37. The molecule has 0 heteroatoms. The number of aryl methyl sites for hydroxylation is 2. The highest BCUT2D eigenvalue weighted by Crippen LogP contribution is 2.52. The highest BCUT2D eigenvalue weighted by atomic mass is 14.4. The minimum Gasteiger partial charge on any atom is -0.102 e. The summed E-state index contributed by atoms with van der Waals surface area (Å²) in [6, 6.07) is 29.3. The summed E-state index contributed by atoms with van der Waals surface area (Å²) < 4.78 is 0. The Morgan fingerprint density at radius 2 is 1.40 bits per heavy atom. The Morgan fingerprint density at radius 1 is 0.743 bits per heavy atom. The van der Waals surface area contributed by atoms with Crippen LogP contribution >= 0.6 is 0 Å². The van der Waals surface area contributed by atoms with E-state index in [0.29, 0.717) is 11.8 Å². The van der Waals surface area contributed by atoms with Crippen molar-refractivity contribution in [2.24, 2.45) is 5.92 Å². The van der Waals surface area contributed by atoms with Gasteiger partial charge in [0.05, 0.1) is 0 Å². The van der Waals surface area contributed by atoms with Crippen molar-refractivity contribution in [2.75, 3.05) is 0 Å². The van der Waals surface area contributed by atoms with Crippen LogP contribution in [0, 0.1) is 17.8 Å². The summed E-state index contributed by atoms with van der Waals surface area (Å²) in [5.41, 5.74) is 10.2. The lowest BCUT2D eigenvalue weighted by Gasteiger charge is -2.21. The molecule has 0 nitrogen and oxygen atoms in total. The normalized spacial score (nSPS) is 18.0. The van der Waals surface area contributed by atoms with Crippen LogP contribution in [0.3, 0.4) is 0 Å². The number of fused-ring (bicyclic) bond motifs is 1. The first kappa shape index (κ1) is 25.1.